The maximum absolute atomic E-state index is 12.8. The van der Waals surface area contributed by atoms with Crippen molar-refractivity contribution in [1.29, 1.82) is 0 Å². The Morgan fingerprint density at radius 1 is 1.10 bits per heavy atom. The van der Waals surface area contributed by atoms with Crippen LogP contribution in [0.3, 0.4) is 0 Å². The van der Waals surface area contributed by atoms with E-state index in [0.717, 1.165) is 43.3 Å². The van der Waals surface area contributed by atoms with Crippen molar-refractivity contribution in [3.63, 3.8) is 0 Å². The largest absolute Gasteiger partial charge is 0.354 e. The molecule has 0 bridgehead atoms. The average molecular weight is 414 g/mol. The van der Waals surface area contributed by atoms with Crippen LogP contribution in [0.5, 0.6) is 0 Å². The van der Waals surface area contributed by atoms with Gasteiger partial charge < -0.3 is 16.0 Å². The maximum Gasteiger partial charge on any atom is 0.272 e. The van der Waals surface area contributed by atoms with Crippen LogP contribution in [0.1, 0.15) is 0 Å². The molecule has 4 heterocycles. The van der Waals surface area contributed by atoms with E-state index in [1.807, 2.05) is 36.5 Å². The van der Waals surface area contributed by atoms with Crippen LogP contribution in [0.2, 0.25) is 0 Å². The summed E-state index contributed by atoms with van der Waals surface area (Å²) in [5.74, 6) is 1.64. The Labute approximate surface area is 173 Å². The van der Waals surface area contributed by atoms with Crippen molar-refractivity contribution in [3.05, 3.63) is 48.2 Å². The number of hydrogen-bond donors (Lipinski definition) is 2. The summed E-state index contributed by atoms with van der Waals surface area (Å²) in [6.07, 6.45) is 1.67. The van der Waals surface area contributed by atoms with Gasteiger partial charge in [-0.15, -0.1) is 0 Å². The minimum absolute atomic E-state index is 0.0110. The number of rotatable bonds is 6. The zero-order valence-electron chi connectivity index (χ0n) is 16.5. The molecule has 2 aromatic rings. The highest BCUT2D eigenvalue weighted by Gasteiger charge is 2.19. The molecule has 0 atom stereocenters. The summed E-state index contributed by atoms with van der Waals surface area (Å²) in [6.45, 7) is 3.93. The number of pyridine rings is 2. The molecular formula is C20H24F2N8. The van der Waals surface area contributed by atoms with Gasteiger partial charge in [-0.1, -0.05) is 6.07 Å². The van der Waals surface area contributed by atoms with Gasteiger partial charge in [0.15, 0.2) is 0 Å². The number of nitrogens with two attached hydrogens (primary N) is 1. The number of halogens is 2. The zero-order valence-corrected chi connectivity index (χ0v) is 16.5. The summed E-state index contributed by atoms with van der Waals surface area (Å²) in [7, 11) is 0. The fourth-order valence-corrected chi connectivity index (χ4v) is 3.39. The van der Waals surface area contributed by atoms with Gasteiger partial charge in [-0.2, -0.15) is 13.9 Å². The van der Waals surface area contributed by atoms with Crippen LogP contribution in [0.15, 0.2) is 53.3 Å². The molecule has 0 saturated carbocycles. The van der Waals surface area contributed by atoms with Crippen LogP contribution in [-0.4, -0.2) is 67.3 Å². The second-order valence-corrected chi connectivity index (χ2v) is 7.10. The van der Waals surface area contributed by atoms with Crippen LogP contribution in [0.25, 0.3) is 11.3 Å². The molecule has 10 heteroatoms. The smallest absolute Gasteiger partial charge is 0.272 e. The SMILES string of the molecule is NCC(CN1CN(c2cccc(-c3ccc(N4CCNCC4)nc3)n2)C=N1)=C(F)F. The molecule has 1 saturated heterocycles. The van der Waals surface area contributed by atoms with Gasteiger partial charge in [0.25, 0.3) is 6.08 Å². The van der Waals surface area contributed by atoms with E-state index in [4.69, 9.17) is 10.7 Å². The monoisotopic (exact) mass is 414 g/mol. The van der Waals surface area contributed by atoms with Crippen molar-refractivity contribution in [3.8, 4) is 11.3 Å². The van der Waals surface area contributed by atoms with Gasteiger partial charge in [-0.05, 0) is 24.3 Å². The summed E-state index contributed by atoms with van der Waals surface area (Å²) in [6, 6.07) is 9.72. The van der Waals surface area contributed by atoms with Crippen LogP contribution >= 0.6 is 0 Å². The fourth-order valence-electron chi connectivity index (χ4n) is 3.39. The Kier molecular flexibility index (Phi) is 6.15. The first-order valence-electron chi connectivity index (χ1n) is 9.82. The van der Waals surface area contributed by atoms with Gasteiger partial charge in [0.05, 0.1) is 12.2 Å². The minimum Gasteiger partial charge on any atom is -0.354 e. The molecule has 0 aliphatic carbocycles. The second kappa shape index (κ2) is 9.14. The maximum atomic E-state index is 12.8. The predicted molar refractivity (Wildman–Crippen MR) is 113 cm³/mol. The van der Waals surface area contributed by atoms with Gasteiger partial charge >= 0.3 is 0 Å². The molecular weight excluding hydrogens is 390 g/mol. The van der Waals surface area contributed by atoms with E-state index in [-0.39, 0.29) is 18.7 Å². The highest BCUT2D eigenvalue weighted by Crippen LogP contribution is 2.23. The number of hydrogen-bond acceptors (Lipinski definition) is 8. The second-order valence-electron chi connectivity index (χ2n) is 7.10. The van der Waals surface area contributed by atoms with E-state index in [1.54, 1.807) is 11.2 Å². The summed E-state index contributed by atoms with van der Waals surface area (Å²) >= 11 is 0. The number of nitrogens with one attached hydrogen (secondary N) is 1. The van der Waals surface area contributed by atoms with E-state index in [2.05, 4.69) is 20.3 Å². The van der Waals surface area contributed by atoms with Crippen LogP contribution in [-0.2, 0) is 0 Å². The van der Waals surface area contributed by atoms with Gasteiger partial charge in [-0.25, -0.2) is 9.97 Å². The Balaban J connectivity index is 1.44. The third-order valence-electron chi connectivity index (χ3n) is 5.07. The van der Waals surface area contributed by atoms with Crippen molar-refractivity contribution in [2.24, 2.45) is 10.8 Å². The number of aromatic nitrogens is 2. The number of nitrogens with zero attached hydrogens (tertiary/aromatic N) is 6. The van der Waals surface area contributed by atoms with E-state index >= 15 is 0 Å². The lowest BCUT2D eigenvalue weighted by Gasteiger charge is -2.28. The summed E-state index contributed by atoms with van der Waals surface area (Å²) in [4.78, 5) is 13.3. The molecule has 8 nitrogen and oxygen atoms in total. The summed E-state index contributed by atoms with van der Waals surface area (Å²) in [5.41, 5.74) is 6.97. The summed E-state index contributed by atoms with van der Waals surface area (Å²) in [5, 5.41) is 9.04. The Hall–Kier alpha value is -3.11. The highest BCUT2D eigenvalue weighted by molar-refractivity contribution is 5.79. The third-order valence-corrected chi connectivity index (χ3v) is 5.07. The summed E-state index contributed by atoms with van der Waals surface area (Å²) < 4.78 is 25.7. The fraction of sp³-hybridized carbons (Fsp3) is 0.350. The average Bonchev–Trinajstić information content (AvgIpc) is 3.27. The van der Waals surface area contributed by atoms with Crippen LogP contribution in [0, 0.1) is 0 Å². The molecule has 2 aliphatic rings. The standard InChI is InChI=1S/C20H24F2N8/c21-20(22)16(10-23)12-30-14-29(13-26-30)19-3-1-2-17(27-19)15-4-5-18(25-11-15)28-8-6-24-7-9-28/h1-5,11,13,24H,6-10,12,14,23H2. The quantitative estimate of drug-likeness (QED) is 0.744. The molecule has 0 radical (unpaired) electrons. The first-order valence-corrected chi connectivity index (χ1v) is 9.82. The van der Waals surface area contributed by atoms with Crippen LogP contribution < -0.4 is 20.9 Å². The number of hydrazone groups is 1. The Morgan fingerprint density at radius 2 is 1.93 bits per heavy atom. The van der Waals surface area contributed by atoms with E-state index in [0.29, 0.717) is 12.5 Å². The lowest BCUT2D eigenvalue weighted by atomic mass is 10.2. The predicted octanol–water partition coefficient (Wildman–Crippen LogP) is 1.69. The molecule has 2 aromatic heterocycles. The van der Waals surface area contributed by atoms with Crippen LogP contribution in [0.4, 0.5) is 20.4 Å². The Morgan fingerprint density at radius 3 is 2.63 bits per heavy atom. The number of anilines is 2. The molecule has 4 rings (SSSR count). The first kappa shape index (κ1) is 20.2. The molecule has 0 amide bonds. The van der Waals surface area contributed by atoms with E-state index < -0.39 is 6.08 Å². The van der Waals surface area contributed by atoms with E-state index in [1.165, 1.54) is 5.01 Å². The highest BCUT2D eigenvalue weighted by atomic mass is 19.3. The molecule has 0 spiro atoms. The molecule has 3 N–H and O–H groups in total. The van der Waals surface area contributed by atoms with Gasteiger partial charge in [0.1, 0.15) is 24.6 Å². The molecule has 158 valence electrons. The van der Waals surface area contributed by atoms with E-state index in [9.17, 15) is 8.78 Å². The normalized spacial score (nSPS) is 16.3. The molecule has 2 aliphatic heterocycles. The molecule has 30 heavy (non-hydrogen) atoms. The molecule has 0 aromatic carbocycles. The third kappa shape index (κ3) is 4.55. The van der Waals surface area contributed by atoms with Crippen molar-refractivity contribution in [1.82, 2.24) is 20.3 Å². The first-order chi connectivity index (χ1) is 14.6. The lowest BCUT2D eigenvalue weighted by Crippen LogP contribution is -2.43. The van der Waals surface area contributed by atoms with Gasteiger partial charge in [-0.3, -0.25) is 9.91 Å². The van der Waals surface area contributed by atoms with Gasteiger partial charge in [0, 0.05) is 50.1 Å². The number of piperazine rings is 1. The van der Waals surface area contributed by atoms with Crippen molar-refractivity contribution in [2.75, 3.05) is 55.7 Å². The topological polar surface area (TPSA) is 85.9 Å². The van der Waals surface area contributed by atoms with Crippen molar-refractivity contribution in [2.45, 2.75) is 0 Å². The zero-order chi connectivity index (χ0) is 20.9. The minimum atomic E-state index is -1.75. The van der Waals surface area contributed by atoms with Crippen molar-refractivity contribution >= 4 is 18.0 Å². The lowest BCUT2D eigenvalue weighted by molar-refractivity contribution is 0.326. The Bertz CT molecular complexity index is 921. The molecule has 0 unspecified atom stereocenters. The molecule has 1 fully saturated rings. The van der Waals surface area contributed by atoms with Gasteiger partial charge in [0.2, 0.25) is 0 Å². The van der Waals surface area contributed by atoms with Crippen molar-refractivity contribution < 1.29 is 8.78 Å².